The van der Waals surface area contributed by atoms with Gasteiger partial charge in [0.2, 0.25) is 5.91 Å². The van der Waals surface area contributed by atoms with Crippen LogP contribution in [-0.2, 0) is 4.79 Å². The van der Waals surface area contributed by atoms with Crippen LogP contribution in [0.4, 0.5) is 0 Å². The summed E-state index contributed by atoms with van der Waals surface area (Å²) in [5.41, 5.74) is 4.33. The van der Waals surface area contributed by atoms with Gasteiger partial charge in [-0.1, -0.05) is 18.9 Å². The minimum Gasteiger partial charge on any atom is -0.496 e. The molecular formula is C27H31NO5. The van der Waals surface area contributed by atoms with Gasteiger partial charge in [-0.3, -0.25) is 4.79 Å². The van der Waals surface area contributed by atoms with E-state index in [9.17, 15) is 4.79 Å². The Morgan fingerprint density at radius 3 is 2.27 bits per heavy atom. The van der Waals surface area contributed by atoms with Gasteiger partial charge in [-0.15, -0.1) is 0 Å². The second-order valence-electron chi connectivity index (χ2n) is 8.33. The summed E-state index contributed by atoms with van der Waals surface area (Å²) in [6.07, 6.45) is 7.98. The molecule has 33 heavy (non-hydrogen) atoms. The minimum absolute atomic E-state index is 0.0591. The molecule has 1 aliphatic rings. The second kappa shape index (κ2) is 10.0. The van der Waals surface area contributed by atoms with E-state index in [-0.39, 0.29) is 5.91 Å². The highest BCUT2D eigenvalue weighted by Crippen LogP contribution is 2.39. The molecule has 1 aromatic heterocycles. The molecule has 0 saturated carbocycles. The van der Waals surface area contributed by atoms with Gasteiger partial charge in [-0.25, -0.2) is 0 Å². The lowest BCUT2D eigenvalue weighted by atomic mass is 9.99. The van der Waals surface area contributed by atoms with Crippen molar-refractivity contribution in [3.8, 4) is 28.4 Å². The van der Waals surface area contributed by atoms with Gasteiger partial charge in [0.15, 0.2) is 11.5 Å². The summed E-state index contributed by atoms with van der Waals surface area (Å²) in [6, 6.07) is 9.69. The zero-order valence-electron chi connectivity index (χ0n) is 19.8. The van der Waals surface area contributed by atoms with Gasteiger partial charge in [-0.2, -0.15) is 0 Å². The van der Waals surface area contributed by atoms with E-state index in [1.165, 1.54) is 12.8 Å². The fourth-order valence-corrected chi connectivity index (χ4v) is 4.40. The molecule has 2 heterocycles. The fourth-order valence-electron chi connectivity index (χ4n) is 4.40. The lowest BCUT2D eigenvalue weighted by molar-refractivity contribution is -0.125. The lowest BCUT2D eigenvalue weighted by Gasteiger charge is -2.19. The van der Waals surface area contributed by atoms with E-state index in [1.54, 1.807) is 33.7 Å². The number of rotatable bonds is 6. The van der Waals surface area contributed by atoms with Crippen molar-refractivity contribution in [2.75, 3.05) is 34.4 Å². The first-order valence-corrected chi connectivity index (χ1v) is 11.3. The number of benzene rings is 2. The van der Waals surface area contributed by atoms with Gasteiger partial charge in [0.25, 0.3) is 0 Å². The van der Waals surface area contributed by atoms with Crippen LogP contribution in [0.2, 0.25) is 0 Å². The van der Waals surface area contributed by atoms with Crippen molar-refractivity contribution >= 4 is 22.4 Å². The van der Waals surface area contributed by atoms with Gasteiger partial charge < -0.3 is 23.5 Å². The van der Waals surface area contributed by atoms with Gasteiger partial charge in [-0.05, 0) is 49.1 Å². The highest BCUT2D eigenvalue weighted by molar-refractivity contribution is 6.00. The van der Waals surface area contributed by atoms with Crippen molar-refractivity contribution in [1.29, 1.82) is 0 Å². The molecule has 1 amide bonds. The van der Waals surface area contributed by atoms with Crippen LogP contribution >= 0.6 is 0 Å². The summed E-state index contributed by atoms with van der Waals surface area (Å²) in [6.45, 7) is 3.60. The van der Waals surface area contributed by atoms with Crippen LogP contribution < -0.4 is 14.2 Å². The molecule has 0 atom stereocenters. The monoisotopic (exact) mass is 449 g/mol. The Morgan fingerprint density at radius 1 is 0.909 bits per heavy atom. The largest absolute Gasteiger partial charge is 0.496 e. The number of hydrogen-bond donors (Lipinski definition) is 0. The third-order valence-electron chi connectivity index (χ3n) is 6.27. The molecule has 0 spiro atoms. The number of nitrogens with zero attached hydrogens (tertiary/aromatic N) is 1. The van der Waals surface area contributed by atoms with E-state index in [0.717, 1.165) is 53.6 Å². The maximum atomic E-state index is 12.9. The third kappa shape index (κ3) is 4.70. The first kappa shape index (κ1) is 22.8. The van der Waals surface area contributed by atoms with E-state index in [0.29, 0.717) is 22.8 Å². The predicted molar refractivity (Wildman–Crippen MR) is 130 cm³/mol. The number of ether oxygens (including phenoxy) is 3. The number of carbonyl (C=O) groups excluding carboxylic acids is 1. The predicted octanol–water partition coefficient (Wildman–Crippen LogP) is 5.93. The van der Waals surface area contributed by atoms with Crippen molar-refractivity contribution < 1.29 is 23.4 Å². The highest BCUT2D eigenvalue weighted by Gasteiger charge is 2.18. The molecule has 4 rings (SSSR count). The summed E-state index contributed by atoms with van der Waals surface area (Å²) >= 11 is 0. The number of hydrogen-bond acceptors (Lipinski definition) is 5. The molecule has 0 bridgehead atoms. The van der Waals surface area contributed by atoms with Crippen molar-refractivity contribution in [1.82, 2.24) is 4.90 Å². The number of fused-ring (bicyclic) bond motifs is 1. The summed E-state index contributed by atoms with van der Waals surface area (Å²) in [7, 11) is 4.87. The minimum atomic E-state index is 0.0591. The van der Waals surface area contributed by atoms with Crippen molar-refractivity contribution in [2.24, 2.45) is 0 Å². The Labute approximate surface area is 194 Å². The van der Waals surface area contributed by atoms with Gasteiger partial charge in [0, 0.05) is 41.7 Å². The molecule has 1 saturated heterocycles. The lowest BCUT2D eigenvalue weighted by Crippen LogP contribution is -2.30. The zero-order chi connectivity index (χ0) is 23.4. The van der Waals surface area contributed by atoms with Gasteiger partial charge in [0.1, 0.15) is 11.3 Å². The number of amides is 1. The molecule has 0 N–H and O–H groups in total. The number of methoxy groups -OCH3 is 3. The highest BCUT2D eigenvalue weighted by atomic mass is 16.5. The van der Waals surface area contributed by atoms with Crippen molar-refractivity contribution in [3.63, 3.8) is 0 Å². The molecule has 0 aliphatic carbocycles. The van der Waals surface area contributed by atoms with E-state index >= 15 is 0 Å². The molecule has 0 radical (unpaired) electrons. The van der Waals surface area contributed by atoms with Crippen LogP contribution in [0.5, 0.6) is 17.2 Å². The smallest absolute Gasteiger partial charge is 0.246 e. The second-order valence-corrected chi connectivity index (χ2v) is 8.33. The van der Waals surface area contributed by atoms with Crippen LogP contribution in [0.25, 0.3) is 27.7 Å². The average molecular weight is 450 g/mol. The zero-order valence-corrected chi connectivity index (χ0v) is 19.8. The Kier molecular flexibility index (Phi) is 6.92. The number of carbonyl (C=O) groups is 1. The topological polar surface area (TPSA) is 61.1 Å². The molecule has 1 fully saturated rings. The van der Waals surface area contributed by atoms with Crippen LogP contribution in [0.3, 0.4) is 0 Å². The molecule has 0 unspecified atom stereocenters. The normalized spacial score (nSPS) is 14.8. The first-order chi connectivity index (χ1) is 16.0. The summed E-state index contributed by atoms with van der Waals surface area (Å²) < 4.78 is 22.3. The number of allylic oxidation sites excluding steroid dienone is 1. The van der Waals surface area contributed by atoms with E-state index < -0.39 is 0 Å². The van der Waals surface area contributed by atoms with E-state index in [2.05, 4.69) is 0 Å². The average Bonchev–Trinajstić information content (AvgIpc) is 3.05. The van der Waals surface area contributed by atoms with Crippen LogP contribution in [0.15, 0.2) is 47.1 Å². The molecular weight excluding hydrogens is 418 g/mol. The molecule has 174 valence electrons. The molecule has 6 heteroatoms. The molecule has 3 aromatic rings. The SMILES string of the molecule is COc1ccc(-c2coc3cc(OC)c(/C(C)=C/C(=O)N4CCCCCC4)cc23)cc1OC. The Morgan fingerprint density at radius 2 is 1.61 bits per heavy atom. The Hall–Kier alpha value is -3.41. The first-order valence-electron chi connectivity index (χ1n) is 11.3. The number of furan rings is 1. The standard InChI is InChI=1S/C27H31NO5/c1-18(13-27(29)28-11-7-5-6-8-12-28)20-15-21-22(17-33-25(21)16-24(20)31-3)19-9-10-23(30-2)26(14-19)32-4/h9-10,13-17H,5-8,11-12H2,1-4H3/b18-13+. The van der Waals surface area contributed by atoms with E-state index in [4.69, 9.17) is 18.6 Å². The molecule has 2 aromatic carbocycles. The van der Waals surface area contributed by atoms with Crippen molar-refractivity contribution in [3.05, 3.63) is 48.2 Å². The Balaban J connectivity index is 1.74. The van der Waals surface area contributed by atoms with Crippen molar-refractivity contribution in [2.45, 2.75) is 32.6 Å². The maximum Gasteiger partial charge on any atom is 0.246 e. The van der Waals surface area contributed by atoms with Gasteiger partial charge in [0.05, 0.1) is 27.6 Å². The summed E-state index contributed by atoms with van der Waals surface area (Å²) in [4.78, 5) is 14.9. The van der Waals surface area contributed by atoms with Crippen LogP contribution in [-0.4, -0.2) is 45.2 Å². The number of likely N-dealkylation sites (tertiary alicyclic amines) is 1. The quantitative estimate of drug-likeness (QED) is 0.437. The van der Waals surface area contributed by atoms with Gasteiger partial charge >= 0.3 is 0 Å². The fraction of sp³-hybridized carbons (Fsp3) is 0.370. The molecule has 6 nitrogen and oxygen atoms in total. The summed E-state index contributed by atoms with van der Waals surface area (Å²) in [5, 5.41) is 0.938. The van der Waals surface area contributed by atoms with Crippen LogP contribution in [0.1, 0.15) is 38.2 Å². The Bertz CT molecular complexity index is 1170. The summed E-state index contributed by atoms with van der Waals surface area (Å²) in [5.74, 6) is 2.05. The third-order valence-corrected chi connectivity index (χ3v) is 6.27. The maximum absolute atomic E-state index is 12.9. The van der Waals surface area contributed by atoms with E-state index in [1.807, 2.05) is 42.2 Å². The van der Waals surface area contributed by atoms with Crippen LogP contribution in [0, 0.1) is 0 Å². The molecule has 1 aliphatic heterocycles.